The normalized spacial score (nSPS) is 22.0. The zero-order valence-electron chi connectivity index (χ0n) is 9.19. The van der Waals surface area contributed by atoms with E-state index >= 15 is 0 Å². The molecule has 88 valence electrons. The highest BCUT2D eigenvalue weighted by atomic mass is 32.2. The third kappa shape index (κ3) is 3.78. The third-order valence-corrected chi connectivity index (χ3v) is 3.31. The molecule has 0 bridgehead atoms. The summed E-state index contributed by atoms with van der Waals surface area (Å²) in [5, 5.41) is 1.89. The van der Waals surface area contributed by atoms with Crippen LogP contribution < -0.4 is 5.32 Å². The Morgan fingerprint density at radius 1 is 1.50 bits per heavy atom. The molecule has 0 aromatic heterocycles. The Bertz CT molecular complexity index is 311. The number of nitrogens with one attached hydrogen (secondary N) is 1. The first-order chi connectivity index (χ1) is 7.70. The van der Waals surface area contributed by atoms with Crippen LogP contribution in [0.4, 0.5) is 0 Å². The van der Waals surface area contributed by atoms with E-state index in [0.29, 0.717) is 6.61 Å². The molecule has 0 aromatic carbocycles. The lowest BCUT2D eigenvalue weighted by atomic mass is 10.3. The van der Waals surface area contributed by atoms with Crippen LogP contribution in [-0.2, 0) is 14.3 Å². The largest absolute Gasteiger partial charge is 0.465 e. The second kappa shape index (κ2) is 6.44. The lowest BCUT2D eigenvalue weighted by Gasteiger charge is -2.02. The van der Waals surface area contributed by atoms with Gasteiger partial charge in [0.05, 0.1) is 13.2 Å². The molecule has 1 saturated heterocycles. The number of esters is 1. The van der Waals surface area contributed by atoms with Crippen molar-refractivity contribution in [1.82, 2.24) is 5.32 Å². The Morgan fingerprint density at radius 3 is 2.88 bits per heavy atom. The molecule has 1 aliphatic heterocycles. The Morgan fingerprint density at radius 2 is 2.25 bits per heavy atom. The molecule has 0 spiro atoms. The summed E-state index contributed by atoms with van der Waals surface area (Å²) in [6.07, 6.45) is 6.85. The predicted molar refractivity (Wildman–Crippen MR) is 62.9 cm³/mol. The molecule has 4 nitrogen and oxygen atoms in total. The minimum absolute atomic E-state index is 0.180. The van der Waals surface area contributed by atoms with E-state index in [1.807, 2.05) is 6.92 Å². The van der Waals surface area contributed by atoms with Crippen LogP contribution in [0.25, 0.3) is 0 Å². The Balaban J connectivity index is 2.20. The number of ether oxygens (including phenoxy) is 1. The number of carbonyl (C=O) groups is 2. The predicted octanol–water partition coefficient (Wildman–Crippen LogP) is 0.563. The molecule has 0 saturated carbocycles. The summed E-state index contributed by atoms with van der Waals surface area (Å²) in [6.45, 7) is 2.66. The highest BCUT2D eigenvalue weighted by Gasteiger charge is 2.50. The van der Waals surface area contributed by atoms with Gasteiger partial charge in [-0.2, -0.15) is 0 Å². The van der Waals surface area contributed by atoms with Crippen LogP contribution >= 0.6 is 11.8 Å². The van der Waals surface area contributed by atoms with Crippen LogP contribution in [0.15, 0.2) is 0 Å². The Hall–Kier alpha value is -1.15. The first-order valence-corrected chi connectivity index (χ1v) is 6.18. The van der Waals surface area contributed by atoms with E-state index in [4.69, 9.17) is 11.2 Å². The van der Waals surface area contributed by atoms with Crippen molar-refractivity contribution in [2.45, 2.75) is 30.3 Å². The van der Waals surface area contributed by atoms with Gasteiger partial charge in [-0.1, -0.05) is 19.3 Å². The summed E-state index contributed by atoms with van der Waals surface area (Å²) in [6, 6.07) is 0. The van der Waals surface area contributed by atoms with Gasteiger partial charge >= 0.3 is 5.97 Å². The van der Waals surface area contributed by atoms with Gasteiger partial charge < -0.3 is 10.1 Å². The zero-order chi connectivity index (χ0) is 12.0. The number of carbonyl (C=O) groups excluding carboxylic acids is 2. The molecule has 1 rings (SSSR count). The van der Waals surface area contributed by atoms with Crippen LogP contribution in [0.1, 0.15) is 19.8 Å². The van der Waals surface area contributed by atoms with Crippen molar-refractivity contribution in [2.75, 3.05) is 13.2 Å². The van der Waals surface area contributed by atoms with Crippen LogP contribution in [0, 0.1) is 12.3 Å². The maximum Gasteiger partial charge on any atom is 0.320 e. The minimum atomic E-state index is -0.338. The number of unbranched alkanes of at least 4 members (excludes halogenated alkanes) is 1. The lowest BCUT2D eigenvalue weighted by Crippen LogP contribution is -2.30. The van der Waals surface area contributed by atoms with E-state index in [9.17, 15) is 9.59 Å². The summed E-state index contributed by atoms with van der Waals surface area (Å²) in [4.78, 5) is 22.8. The number of hydrogen-bond donors (Lipinski definition) is 1. The molecule has 1 aliphatic rings. The molecule has 0 aromatic rings. The smallest absolute Gasteiger partial charge is 0.320 e. The van der Waals surface area contributed by atoms with Gasteiger partial charge in [-0.3, -0.25) is 9.59 Å². The van der Waals surface area contributed by atoms with Gasteiger partial charge in [-0.15, -0.1) is 18.2 Å². The van der Waals surface area contributed by atoms with E-state index in [1.54, 1.807) is 0 Å². The van der Waals surface area contributed by atoms with Crippen molar-refractivity contribution in [3.8, 4) is 12.3 Å². The summed E-state index contributed by atoms with van der Waals surface area (Å²) in [7, 11) is 0. The molecule has 0 unspecified atom stereocenters. The quantitative estimate of drug-likeness (QED) is 0.319. The summed E-state index contributed by atoms with van der Waals surface area (Å²) in [5.74, 6) is 1.84. The monoisotopic (exact) mass is 241 g/mol. The number of thioether (sulfide) groups is 1. The average Bonchev–Trinajstić information content (AvgIpc) is 3.06. The van der Waals surface area contributed by atoms with Crippen molar-refractivity contribution in [3.05, 3.63) is 0 Å². The standard InChI is InChI=1S/C11H15NO3S/c1-3-5-7-15-11(14)9-8(16-9)10(13)12-6-4-2/h2,8-9H,3,5-7H2,1H3,(H,12,13)/t8-,9-/m1/s1. The van der Waals surface area contributed by atoms with Crippen molar-refractivity contribution < 1.29 is 14.3 Å². The highest BCUT2D eigenvalue weighted by Crippen LogP contribution is 2.42. The number of amides is 1. The van der Waals surface area contributed by atoms with E-state index in [-0.39, 0.29) is 28.9 Å². The summed E-state index contributed by atoms with van der Waals surface area (Å²) in [5.41, 5.74) is 0. The van der Waals surface area contributed by atoms with Crippen LogP contribution in [0.3, 0.4) is 0 Å². The van der Waals surface area contributed by atoms with Gasteiger partial charge in [0.15, 0.2) is 0 Å². The molecule has 1 heterocycles. The minimum Gasteiger partial charge on any atom is -0.465 e. The van der Waals surface area contributed by atoms with Crippen molar-refractivity contribution >= 4 is 23.6 Å². The van der Waals surface area contributed by atoms with E-state index in [2.05, 4.69) is 11.2 Å². The molecular weight excluding hydrogens is 226 g/mol. The highest BCUT2D eigenvalue weighted by molar-refractivity contribution is 8.09. The molecule has 1 amide bonds. The first-order valence-electron chi connectivity index (χ1n) is 5.24. The number of terminal acetylenes is 1. The lowest BCUT2D eigenvalue weighted by molar-refractivity contribution is -0.143. The van der Waals surface area contributed by atoms with Crippen LogP contribution in [-0.4, -0.2) is 35.5 Å². The van der Waals surface area contributed by atoms with Gasteiger partial charge in [-0.25, -0.2) is 0 Å². The van der Waals surface area contributed by atoms with Crippen molar-refractivity contribution in [3.63, 3.8) is 0 Å². The van der Waals surface area contributed by atoms with Gasteiger partial charge in [0.1, 0.15) is 10.5 Å². The van der Waals surface area contributed by atoms with E-state index in [0.717, 1.165) is 12.8 Å². The molecular formula is C11H15NO3S. The SMILES string of the molecule is C#CCNC(=O)[C@@H]1S[C@H]1C(=O)OCCCC. The topological polar surface area (TPSA) is 55.4 Å². The fourth-order valence-corrected chi connectivity index (χ4v) is 1.97. The van der Waals surface area contributed by atoms with Gasteiger partial charge in [0.25, 0.3) is 0 Å². The van der Waals surface area contributed by atoms with Gasteiger partial charge in [0.2, 0.25) is 5.91 Å². The molecule has 2 atom stereocenters. The maximum absolute atomic E-state index is 11.4. The van der Waals surface area contributed by atoms with Crippen LogP contribution in [0.5, 0.6) is 0 Å². The summed E-state index contributed by atoms with van der Waals surface area (Å²) < 4.78 is 5.01. The maximum atomic E-state index is 11.4. The van der Waals surface area contributed by atoms with Gasteiger partial charge in [0, 0.05) is 0 Å². The molecule has 0 radical (unpaired) electrons. The van der Waals surface area contributed by atoms with Crippen LogP contribution in [0.2, 0.25) is 0 Å². The first kappa shape index (κ1) is 12.9. The Kier molecular flexibility index (Phi) is 5.20. The molecule has 1 N–H and O–H groups in total. The molecule has 1 fully saturated rings. The van der Waals surface area contributed by atoms with E-state index in [1.165, 1.54) is 11.8 Å². The average molecular weight is 241 g/mol. The molecule has 5 heteroatoms. The van der Waals surface area contributed by atoms with Crippen molar-refractivity contribution in [2.24, 2.45) is 0 Å². The second-order valence-corrected chi connectivity index (χ2v) is 4.71. The fourth-order valence-electron chi connectivity index (χ4n) is 1.13. The number of hydrogen-bond acceptors (Lipinski definition) is 4. The van der Waals surface area contributed by atoms with E-state index < -0.39 is 0 Å². The molecule has 0 aliphatic carbocycles. The third-order valence-electron chi connectivity index (χ3n) is 2.09. The van der Waals surface area contributed by atoms with Gasteiger partial charge in [-0.05, 0) is 6.42 Å². The zero-order valence-corrected chi connectivity index (χ0v) is 10.0. The number of rotatable bonds is 6. The Labute approximate surface area is 99.5 Å². The fraction of sp³-hybridized carbons (Fsp3) is 0.636. The molecule has 16 heavy (non-hydrogen) atoms. The van der Waals surface area contributed by atoms with Crippen molar-refractivity contribution in [1.29, 1.82) is 0 Å². The second-order valence-electron chi connectivity index (χ2n) is 3.42. The summed E-state index contributed by atoms with van der Waals surface area (Å²) >= 11 is 1.31.